The number of carbonyl (C=O) groups is 1. The highest BCUT2D eigenvalue weighted by molar-refractivity contribution is 6.30. The Morgan fingerprint density at radius 3 is 2.65 bits per heavy atom. The number of anilines is 1. The predicted octanol–water partition coefficient (Wildman–Crippen LogP) is 3.07. The van der Waals surface area contributed by atoms with Gasteiger partial charge in [0.25, 0.3) is 0 Å². The van der Waals surface area contributed by atoms with E-state index < -0.39 is 6.04 Å². The van der Waals surface area contributed by atoms with Crippen LogP contribution >= 0.6 is 24.0 Å². The molecule has 1 aromatic rings. The maximum Gasteiger partial charge on any atom is 0.241 e. The van der Waals surface area contributed by atoms with Crippen molar-refractivity contribution < 1.29 is 4.79 Å². The molecule has 0 saturated carbocycles. The summed E-state index contributed by atoms with van der Waals surface area (Å²) in [5, 5.41) is 3.33. The minimum absolute atomic E-state index is 0. The van der Waals surface area contributed by atoms with E-state index in [9.17, 15) is 4.79 Å². The number of carbonyl (C=O) groups excluding carboxylic acids is 1. The molecule has 0 radical (unpaired) electrons. The van der Waals surface area contributed by atoms with E-state index in [1.165, 1.54) is 0 Å². The Kier molecular flexibility index (Phi) is 7.19. The van der Waals surface area contributed by atoms with Crippen molar-refractivity contribution >= 4 is 35.6 Å². The standard InChI is InChI=1S/C12H17ClN2O.ClH/c1-8(2)6-11(14)12(16)15-10-5-3-4-9(13)7-10;/h3-5,7-8,11H,6,14H2,1-2H3,(H,15,16);1H/t11-;/m0./s1. The van der Waals surface area contributed by atoms with Gasteiger partial charge in [-0.3, -0.25) is 4.79 Å². The second-order valence-electron chi connectivity index (χ2n) is 4.24. The number of benzene rings is 1. The molecule has 0 aliphatic rings. The lowest BCUT2D eigenvalue weighted by Crippen LogP contribution is -2.36. The van der Waals surface area contributed by atoms with Gasteiger partial charge in [-0.1, -0.05) is 31.5 Å². The van der Waals surface area contributed by atoms with Gasteiger partial charge in [0.1, 0.15) is 0 Å². The molecule has 0 fully saturated rings. The Labute approximate surface area is 113 Å². The summed E-state index contributed by atoms with van der Waals surface area (Å²) in [4.78, 5) is 11.7. The average Bonchev–Trinajstić information content (AvgIpc) is 2.16. The number of hydrogen-bond acceptors (Lipinski definition) is 2. The van der Waals surface area contributed by atoms with Crippen LogP contribution in [0.2, 0.25) is 5.02 Å². The highest BCUT2D eigenvalue weighted by atomic mass is 35.5. The average molecular weight is 277 g/mol. The largest absolute Gasteiger partial charge is 0.325 e. The molecule has 1 amide bonds. The van der Waals surface area contributed by atoms with Crippen molar-refractivity contribution in [3.05, 3.63) is 29.3 Å². The summed E-state index contributed by atoms with van der Waals surface area (Å²) in [5.74, 6) is 0.232. The van der Waals surface area contributed by atoms with E-state index in [1.807, 2.05) is 13.8 Å². The first-order valence-electron chi connectivity index (χ1n) is 5.31. The molecule has 0 aliphatic heterocycles. The van der Waals surface area contributed by atoms with E-state index in [1.54, 1.807) is 24.3 Å². The molecule has 17 heavy (non-hydrogen) atoms. The van der Waals surface area contributed by atoms with Gasteiger partial charge in [-0.2, -0.15) is 0 Å². The Balaban J connectivity index is 0.00000256. The molecule has 0 aromatic heterocycles. The monoisotopic (exact) mass is 276 g/mol. The van der Waals surface area contributed by atoms with Crippen LogP contribution in [0.3, 0.4) is 0 Å². The quantitative estimate of drug-likeness (QED) is 0.888. The molecule has 0 spiro atoms. The number of hydrogen-bond donors (Lipinski definition) is 2. The minimum Gasteiger partial charge on any atom is -0.325 e. The zero-order valence-corrected chi connectivity index (χ0v) is 11.5. The molecule has 0 unspecified atom stereocenters. The lowest BCUT2D eigenvalue weighted by Gasteiger charge is -2.14. The number of nitrogens with one attached hydrogen (secondary N) is 1. The first-order chi connectivity index (χ1) is 7.49. The van der Waals surface area contributed by atoms with E-state index in [4.69, 9.17) is 17.3 Å². The third-order valence-corrected chi connectivity index (χ3v) is 2.39. The number of halogens is 2. The van der Waals surface area contributed by atoms with E-state index in [0.717, 1.165) is 0 Å². The molecule has 1 aromatic carbocycles. The Morgan fingerprint density at radius 1 is 1.47 bits per heavy atom. The molecular weight excluding hydrogens is 259 g/mol. The van der Waals surface area contributed by atoms with Gasteiger partial charge in [-0.05, 0) is 30.5 Å². The lowest BCUT2D eigenvalue weighted by molar-refractivity contribution is -0.117. The van der Waals surface area contributed by atoms with Gasteiger partial charge in [0.05, 0.1) is 6.04 Å². The van der Waals surface area contributed by atoms with Crippen LogP contribution in [-0.2, 0) is 4.79 Å². The van der Waals surface area contributed by atoms with Crippen molar-refractivity contribution in [2.75, 3.05) is 5.32 Å². The van der Waals surface area contributed by atoms with Crippen LogP contribution < -0.4 is 11.1 Å². The van der Waals surface area contributed by atoms with E-state index in [0.29, 0.717) is 23.0 Å². The van der Waals surface area contributed by atoms with Gasteiger partial charge in [0, 0.05) is 10.7 Å². The van der Waals surface area contributed by atoms with Crippen molar-refractivity contribution in [3.63, 3.8) is 0 Å². The molecule has 0 aliphatic carbocycles. The van der Waals surface area contributed by atoms with E-state index in [-0.39, 0.29) is 18.3 Å². The van der Waals surface area contributed by atoms with Gasteiger partial charge >= 0.3 is 0 Å². The maximum absolute atomic E-state index is 11.7. The Bertz CT molecular complexity index is 369. The molecule has 1 rings (SSSR count). The molecule has 96 valence electrons. The molecule has 0 saturated heterocycles. The second-order valence-corrected chi connectivity index (χ2v) is 4.67. The summed E-state index contributed by atoms with van der Waals surface area (Å²) in [6.07, 6.45) is 0.673. The van der Waals surface area contributed by atoms with Gasteiger partial charge in [0.15, 0.2) is 0 Å². The fraction of sp³-hybridized carbons (Fsp3) is 0.417. The third-order valence-electron chi connectivity index (χ3n) is 2.15. The Hall–Kier alpha value is -0.770. The van der Waals surface area contributed by atoms with Gasteiger partial charge in [-0.25, -0.2) is 0 Å². The zero-order valence-electron chi connectivity index (χ0n) is 9.94. The summed E-state index contributed by atoms with van der Waals surface area (Å²) in [5.41, 5.74) is 6.44. The normalized spacial score (nSPS) is 11.8. The zero-order chi connectivity index (χ0) is 12.1. The van der Waals surface area contributed by atoms with Gasteiger partial charge in [-0.15, -0.1) is 12.4 Å². The summed E-state index contributed by atoms with van der Waals surface area (Å²) < 4.78 is 0. The first-order valence-corrected chi connectivity index (χ1v) is 5.69. The third kappa shape index (κ3) is 5.91. The minimum atomic E-state index is -0.473. The second kappa shape index (κ2) is 7.54. The van der Waals surface area contributed by atoms with Crippen LogP contribution in [0.5, 0.6) is 0 Å². The maximum atomic E-state index is 11.7. The van der Waals surface area contributed by atoms with Crippen molar-refractivity contribution in [1.82, 2.24) is 0 Å². The smallest absolute Gasteiger partial charge is 0.241 e. The van der Waals surface area contributed by atoms with Crippen molar-refractivity contribution in [2.24, 2.45) is 11.7 Å². The van der Waals surface area contributed by atoms with Crippen molar-refractivity contribution in [2.45, 2.75) is 26.3 Å². The molecule has 0 heterocycles. The molecule has 3 N–H and O–H groups in total. The molecule has 0 bridgehead atoms. The predicted molar refractivity (Wildman–Crippen MR) is 74.8 cm³/mol. The highest BCUT2D eigenvalue weighted by Gasteiger charge is 2.14. The fourth-order valence-corrected chi connectivity index (χ4v) is 1.61. The molecule has 3 nitrogen and oxygen atoms in total. The highest BCUT2D eigenvalue weighted by Crippen LogP contribution is 2.15. The Morgan fingerprint density at radius 2 is 2.12 bits per heavy atom. The molecule has 1 atom stereocenters. The summed E-state index contributed by atoms with van der Waals surface area (Å²) >= 11 is 5.81. The number of amides is 1. The molecular formula is C12H18Cl2N2O. The number of nitrogens with two attached hydrogens (primary N) is 1. The van der Waals surface area contributed by atoms with Crippen LogP contribution in [0.1, 0.15) is 20.3 Å². The van der Waals surface area contributed by atoms with E-state index >= 15 is 0 Å². The van der Waals surface area contributed by atoms with Crippen LogP contribution in [0, 0.1) is 5.92 Å². The summed E-state index contributed by atoms with van der Waals surface area (Å²) in [7, 11) is 0. The SMILES string of the molecule is CC(C)C[C@H](N)C(=O)Nc1cccc(Cl)c1.Cl. The van der Waals surface area contributed by atoms with Gasteiger partial charge < -0.3 is 11.1 Å². The number of rotatable bonds is 4. The van der Waals surface area contributed by atoms with Crippen molar-refractivity contribution in [1.29, 1.82) is 0 Å². The van der Waals surface area contributed by atoms with Crippen LogP contribution in [-0.4, -0.2) is 11.9 Å². The van der Waals surface area contributed by atoms with Crippen molar-refractivity contribution in [3.8, 4) is 0 Å². The van der Waals surface area contributed by atoms with E-state index in [2.05, 4.69) is 5.32 Å². The van der Waals surface area contributed by atoms with Gasteiger partial charge in [0.2, 0.25) is 5.91 Å². The molecule has 5 heteroatoms. The topological polar surface area (TPSA) is 55.1 Å². The summed E-state index contributed by atoms with van der Waals surface area (Å²) in [6, 6.07) is 6.55. The first kappa shape index (κ1) is 16.2. The van der Waals surface area contributed by atoms with Crippen LogP contribution in [0.25, 0.3) is 0 Å². The summed E-state index contributed by atoms with van der Waals surface area (Å²) in [6.45, 7) is 4.07. The fourth-order valence-electron chi connectivity index (χ4n) is 1.42. The lowest BCUT2D eigenvalue weighted by atomic mass is 10.0. The van der Waals surface area contributed by atoms with Crippen LogP contribution in [0.4, 0.5) is 5.69 Å². The van der Waals surface area contributed by atoms with Crippen LogP contribution in [0.15, 0.2) is 24.3 Å².